The minimum Gasteiger partial charge on any atom is -0.288 e. The second kappa shape index (κ2) is 4.51. The van der Waals surface area contributed by atoms with Crippen molar-refractivity contribution in [1.82, 2.24) is 4.98 Å². The normalized spacial score (nSPS) is 17.3. The standard InChI is InChI=1S/C11H13NOS/c13-11(10-7-12-8-14-10)9-5-3-1-2-4-6-9/h5,7-8H,1-4,6H2. The highest BCUT2D eigenvalue weighted by atomic mass is 32.1. The summed E-state index contributed by atoms with van der Waals surface area (Å²) in [5, 5.41) is 0. The molecule has 1 aromatic rings. The van der Waals surface area contributed by atoms with E-state index < -0.39 is 0 Å². The summed E-state index contributed by atoms with van der Waals surface area (Å²) in [6.45, 7) is 0. The molecule has 0 aromatic carbocycles. The molecule has 0 radical (unpaired) electrons. The fourth-order valence-corrected chi connectivity index (χ4v) is 2.30. The molecule has 2 rings (SSSR count). The Hall–Kier alpha value is -0.960. The van der Waals surface area contributed by atoms with Crippen LogP contribution in [0, 0.1) is 0 Å². The number of ketones is 1. The van der Waals surface area contributed by atoms with Gasteiger partial charge < -0.3 is 0 Å². The SMILES string of the molecule is O=C(C1=CCCCCC1)c1cncs1. The second-order valence-electron chi connectivity index (χ2n) is 3.52. The monoisotopic (exact) mass is 207 g/mol. The van der Waals surface area contributed by atoms with Crippen molar-refractivity contribution in [2.75, 3.05) is 0 Å². The Morgan fingerprint density at radius 3 is 3.07 bits per heavy atom. The van der Waals surface area contributed by atoms with Crippen molar-refractivity contribution in [1.29, 1.82) is 0 Å². The number of allylic oxidation sites excluding steroid dienone is 2. The van der Waals surface area contributed by atoms with E-state index in [4.69, 9.17) is 0 Å². The van der Waals surface area contributed by atoms with Crippen LogP contribution in [0.3, 0.4) is 0 Å². The minimum atomic E-state index is 0.189. The van der Waals surface area contributed by atoms with E-state index >= 15 is 0 Å². The number of nitrogens with zero attached hydrogens (tertiary/aromatic N) is 1. The number of Topliss-reactive ketones (excluding diaryl/α,β-unsaturated/α-hetero) is 1. The molecule has 1 aliphatic rings. The van der Waals surface area contributed by atoms with E-state index in [9.17, 15) is 4.79 Å². The van der Waals surface area contributed by atoms with Crippen molar-refractivity contribution >= 4 is 17.1 Å². The Kier molecular flexibility index (Phi) is 3.09. The van der Waals surface area contributed by atoms with Crippen LogP contribution >= 0.6 is 11.3 Å². The summed E-state index contributed by atoms with van der Waals surface area (Å²) in [6.07, 6.45) is 9.39. The number of carbonyl (C=O) groups is 1. The van der Waals surface area contributed by atoms with Gasteiger partial charge in [0, 0.05) is 6.20 Å². The zero-order valence-electron chi connectivity index (χ0n) is 8.03. The first-order chi connectivity index (χ1) is 6.88. The number of rotatable bonds is 2. The van der Waals surface area contributed by atoms with Crippen LogP contribution < -0.4 is 0 Å². The summed E-state index contributed by atoms with van der Waals surface area (Å²) in [5.74, 6) is 0.189. The first kappa shape index (κ1) is 9.59. The van der Waals surface area contributed by atoms with E-state index in [1.54, 1.807) is 11.7 Å². The van der Waals surface area contributed by atoms with Gasteiger partial charge in [-0.1, -0.05) is 12.5 Å². The molecule has 2 nitrogen and oxygen atoms in total. The van der Waals surface area contributed by atoms with Crippen molar-refractivity contribution in [3.63, 3.8) is 0 Å². The van der Waals surface area contributed by atoms with Gasteiger partial charge in [-0.15, -0.1) is 11.3 Å². The van der Waals surface area contributed by atoms with Crippen LogP contribution in [0.15, 0.2) is 23.4 Å². The molecule has 0 aliphatic heterocycles. The van der Waals surface area contributed by atoms with Crippen molar-refractivity contribution in [3.8, 4) is 0 Å². The Labute approximate surface area is 87.7 Å². The molecule has 14 heavy (non-hydrogen) atoms. The zero-order valence-corrected chi connectivity index (χ0v) is 8.85. The maximum atomic E-state index is 11.9. The summed E-state index contributed by atoms with van der Waals surface area (Å²) in [6, 6.07) is 0. The average Bonchev–Trinajstić information content (AvgIpc) is 2.59. The molecule has 0 saturated heterocycles. The highest BCUT2D eigenvalue weighted by Gasteiger charge is 2.14. The maximum absolute atomic E-state index is 11.9. The van der Waals surface area contributed by atoms with Gasteiger partial charge in [0.2, 0.25) is 0 Å². The topological polar surface area (TPSA) is 30.0 Å². The van der Waals surface area contributed by atoms with Gasteiger partial charge in [-0.25, -0.2) is 0 Å². The van der Waals surface area contributed by atoms with E-state index in [2.05, 4.69) is 11.1 Å². The molecular weight excluding hydrogens is 194 g/mol. The van der Waals surface area contributed by atoms with Crippen LogP contribution in [-0.4, -0.2) is 10.8 Å². The average molecular weight is 207 g/mol. The third kappa shape index (κ3) is 2.10. The molecule has 74 valence electrons. The summed E-state index contributed by atoms with van der Waals surface area (Å²) >= 11 is 1.43. The van der Waals surface area contributed by atoms with E-state index in [1.165, 1.54) is 24.2 Å². The van der Waals surface area contributed by atoms with Gasteiger partial charge in [-0.2, -0.15) is 0 Å². The van der Waals surface area contributed by atoms with E-state index in [0.717, 1.165) is 29.7 Å². The molecular formula is C11H13NOS. The molecule has 0 fully saturated rings. The Balaban J connectivity index is 2.14. The molecule has 0 N–H and O–H groups in total. The number of aromatic nitrogens is 1. The van der Waals surface area contributed by atoms with Crippen LogP contribution in [0.1, 0.15) is 41.8 Å². The quantitative estimate of drug-likeness (QED) is 0.697. The van der Waals surface area contributed by atoms with Crippen molar-refractivity contribution in [3.05, 3.63) is 28.2 Å². The molecule has 3 heteroatoms. The van der Waals surface area contributed by atoms with Crippen LogP contribution in [0.4, 0.5) is 0 Å². The molecule has 0 spiro atoms. The molecule has 0 unspecified atom stereocenters. The fourth-order valence-electron chi connectivity index (χ4n) is 1.71. The van der Waals surface area contributed by atoms with Gasteiger partial charge >= 0.3 is 0 Å². The Morgan fingerprint density at radius 2 is 2.29 bits per heavy atom. The van der Waals surface area contributed by atoms with Crippen LogP contribution in [0.2, 0.25) is 0 Å². The lowest BCUT2D eigenvalue weighted by Crippen LogP contribution is -2.00. The van der Waals surface area contributed by atoms with Gasteiger partial charge in [-0.3, -0.25) is 9.78 Å². The van der Waals surface area contributed by atoms with Crippen molar-refractivity contribution in [2.45, 2.75) is 32.1 Å². The number of carbonyl (C=O) groups excluding carboxylic acids is 1. The van der Waals surface area contributed by atoms with E-state index in [-0.39, 0.29) is 5.78 Å². The molecule has 1 heterocycles. The van der Waals surface area contributed by atoms with E-state index in [1.807, 2.05) is 0 Å². The molecule has 1 aromatic heterocycles. The third-order valence-corrected chi connectivity index (χ3v) is 3.26. The molecule has 0 atom stereocenters. The lowest BCUT2D eigenvalue weighted by Gasteiger charge is -2.00. The largest absolute Gasteiger partial charge is 0.288 e. The van der Waals surface area contributed by atoms with Crippen LogP contribution in [0.5, 0.6) is 0 Å². The first-order valence-electron chi connectivity index (χ1n) is 5.00. The van der Waals surface area contributed by atoms with Gasteiger partial charge in [0.25, 0.3) is 0 Å². The summed E-state index contributed by atoms with van der Waals surface area (Å²) in [5.41, 5.74) is 2.71. The number of thiazole rings is 1. The second-order valence-corrected chi connectivity index (χ2v) is 4.41. The molecule has 0 bridgehead atoms. The zero-order chi connectivity index (χ0) is 9.80. The van der Waals surface area contributed by atoms with Crippen LogP contribution in [0.25, 0.3) is 0 Å². The summed E-state index contributed by atoms with van der Waals surface area (Å²) in [7, 11) is 0. The predicted molar refractivity (Wildman–Crippen MR) is 57.6 cm³/mol. The maximum Gasteiger partial charge on any atom is 0.200 e. The highest BCUT2D eigenvalue weighted by Crippen LogP contribution is 2.22. The molecule has 0 amide bonds. The van der Waals surface area contributed by atoms with Crippen LogP contribution in [-0.2, 0) is 0 Å². The van der Waals surface area contributed by atoms with Gasteiger partial charge in [-0.05, 0) is 31.3 Å². The van der Waals surface area contributed by atoms with Gasteiger partial charge in [0.15, 0.2) is 5.78 Å². The highest BCUT2D eigenvalue weighted by molar-refractivity contribution is 7.11. The fraction of sp³-hybridized carbons (Fsp3) is 0.455. The molecule has 1 aliphatic carbocycles. The third-order valence-electron chi connectivity index (χ3n) is 2.49. The first-order valence-corrected chi connectivity index (χ1v) is 5.88. The number of hydrogen-bond acceptors (Lipinski definition) is 3. The Morgan fingerprint density at radius 1 is 1.36 bits per heavy atom. The predicted octanol–water partition coefficient (Wildman–Crippen LogP) is 3.22. The smallest absolute Gasteiger partial charge is 0.200 e. The molecule has 0 saturated carbocycles. The van der Waals surface area contributed by atoms with E-state index in [0.29, 0.717) is 0 Å². The lowest BCUT2D eigenvalue weighted by atomic mass is 10.1. The number of hydrogen-bond donors (Lipinski definition) is 0. The minimum absolute atomic E-state index is 0.189. The van der Waals surface area contributed by atoms with Crippen molar-refractivity contribution in [2.24, 2.45) is 0 Å². The van der Waals surface area contributed by atoms with Gasteiger partial charge in [0.1, 0.15) is 0 Å². The van der Waals surface area contributed by atoms with Crippen molar-refractivity contribution < 1.29 is 4.79 Å². The Bertz CT molecular complexity index is 340. The lowest BCUT2D eigenvalue weighted by molar-refractivity contribution is 0.103. The summed E-state index contributed by atoms with van der Waals surface area (Å²) < 4.78 is 0. The summed E-state index contributed by atoms with van der Waals surface area (Å²) in [4.78, 5) is 16.6. The van der Waals surface area contributed by atoms with Gasteiger partial charge in [0.05, 0.1) is 10.4 Å².